The average Bonchev–Trinajstić information content (AvgIpc) is 3.11. The number of carbonyl (C=O) groups excluding carboxylic acids is 2. The molecule has 0 amide bonds. The van der Waals surface area contributed by atoms with Crippen molar-refractivity contribution < 1.29 is 19.1 Å². The van der Waals surface area contributed by atoms with E-state index in [4.69, 9.17) is 9.47 Å². The predicted molar refractivity (Wildman–Crippen MR) is 185 cm³/mol. The maximum atomic E-state index is 11.5. The number of ether oxygens (including phenoxy) is 2. The number of hydrogen-bond donors (Lipinski definition) is 0. The molecular weight excluding hydrogens is 572 g/mol. The van der Waals surface area contributed by atoms with Crippen LogP contribution < -0.4 is 9.80 Å². The van der Waals surface area contributed by atoms with Crippen molar-refractivity contribution in [2.24, 2.45) is 0 Å². The number of esters is 2. The van der Waals surface area contributed by atoms with Crippen LogP contribution in [-0.4, -0.2) is 19.0 Å². The van der Waals surface area contributed by atoms with E-state index in [1.807, 2.05) is 54.6 Å². The molecule has 6 heteroatoms. The third kappa shape index (κ3) is 8.18. The molecule has 0 fully saturated rings. The second-order valence-corrected chi connectivity index (χ2v) is 10.7. The van der Waals surface area contributed by atoms with E-state index < -0.39 is 11.9 Å². The minimum Gasteiger partial charge on any atom is -0.458 e. The molecule has 0 aliphatic carbocycles. The van der Waals surface area contributed by atoms with Gasteiger partial charge in [-0.2, -0.15) is 0 Å². The Morgan fingerprint density at radius 3 is 1.35 bits per heavy atom. The van der Waals surface area contributed by atoms with E-state index in [0.29, 0.717) is 0 Å². The van der Waals surface area contributed by atoms with Crippen molar-refractivity contribution in [3.8, 4) is 11.1 Å². The maximum absolute atomic E-state index is 11.5. The van der Waals surface area contributed by atoms with Gasteiger partial charge in [0.25, 0.3) is 0 Å². The SMILES string of the molecule is C=CC(=O)OCc1ccc(N(c2ccc(COC(=O)C=C)cc2)c2ccc(-c3ccc(N(C)Cc4ccccc4)cc3)cc2)cc1. The fourth-order valence-corrected chi connectivity index (χ4v) is 5.02. The zero-order valence-electron chi connectivity index (χ0n) is 25.8. The van der Waals surface area contributed by atoms with Gasteiger partial charge in [0.15, 0.2) is 0 Å². The van der Waals surface area contributed by atoms with E-state index in [1.54, 1.807) is 0 Å². The van der Waals surface area contributed by atoms with Crippen molar-refractivity contribution in [2.75, 3.05) is 16.8 Å². The molecule has 0 unspecified atom stereocenters. The topological polar surface area (TPSA) is 59.1 Å². The molecular formula is C40H36N2O4. The van der Waals surface area contributed by atoms with Crippen LogP contribution in [0.3, 0.4) is 0 Å². The summed E-state index contributed by atoms with van der Waals surface area (Å²) in [5.74, 6) is -0.919. The van der Waals surface area contributed by atoms with E-state index in [-0.39, 0.29) is 13.2 Å². The van der Waals surface area contributed by atoms with Gasteiger partial charge in [-0.25, -0.2) is 9.59 Å². The Bertz CT molecular complexity index is 1700. The molecule has 5 rings (SSSR count). The first-order valence-electron chi connectivity index (χ1n) is 15.0. The van der Waals surface area contributed by atoms with Crippen molar-refractivity contribution in [2.45, 2.75) is 19.8 Å². The lowest BCUT2D eigenvalue weighted by Gasteiger charge is -2.26. The van der Waals surface area contributed by atoms with Crippen LogP contribution in [0.5, 0.6) is 0 Å². The number of anilines is 4. The second-order valence-electron chi connectivity index (χ2n) is 10.7. The third-order valence-corrected chi connectivity index (χ3v) is 7.51. The van der Waals surface area contributed by atoms with Gasteiger partial charge < -0.3 is 19.3 Å². The zero-order chi connectivity index (χ0) is 32.3. The first kappa shape index (κ1) is 31.5. The number of rotatable bonds is 13. The smallest absolute Gasteiger partial charge is 0.330 e. The maximum Gasteiger partial charge on any atom is 0.330 e. The van der Waals surface area contributed by atoms with Gasteiger partial charge in [0, 0.05) is 48.5 Å². The monoisotopic (exact) mass is 608 g/mol. The molecule has 46 heavy (non-hydrogen) atoms. The molecule has 230 valence electrons. The molecule has 0 bridgehead atoms. The summed E-state index contributed by atoms with van der Waals surface area (Å²) in [6, 6.07) is 43.2. The molecule has 0 spiro atoms. The Labute approximate surface area is 270 Å². The van der Waals surface area contributed by atoms with Crippen LogP contribution in [0.2, 0.25) is 0 Å². The van der Waals surface area contributed by atoms with E-state index in [9.17, 15) is 9.59 Å². The first-order valence-corrected chi connectivity index (χ1v) is 15.0. The van der Waals surface area contributed by atoms with Gasteiger partial charge >= 0.3 is 11.9 Å². The summed E-state index contributed by atoms with van der Waals surface area (Å²) < 4.78 is 10.4. The molecule has 5 aromatic carbocycles. The fourth-order valence-electron chi connectivity index (χ4n) is 5.02. The summed E-state index contributed by atoms with van der Waals surface area (Å²) in [4.78, 5) is 27.4. The predicted octanol–water partition coefficient (Wildman–Crippen LogP) is 8.92. The number of nitrogens with zero attached hydrogens (tertiary/aromatic N) is 2. The van der Waals surface area contributed by atoms with Crippen LogP contribution in [-0.2, 0) is 38.8 Å². The van der Waals surface area contributed by atoms with Crippen LogP contribution in [0.25, 0.3) is 11.1 Å². The Morgan fingerprint density at radius 2 is 0.935 bits per heavy atom. The lowest BCUT2D eigenvalue weighted by Crippen LogP contribution is -2.16. The summed E-state index contributed by atoms with van der Waals surface area (Å²) in [6.45, 7) is 8.06. The number of benzene rings is 5. The van der Waals surface area contributed by atoms with Crippen LogP contribution in [0.1, 0.15) is 16.7 Å². The Hall–Kier alpha value is -5.88. The Morgan fingerprint density at radius 1 is 0.543 bits per heavy atom. The third-order valence-electron chi connectivity index (χ3n) is 7.51. The van der Waals surface area contributed by atoms with Gasteiger partial charge in [0.05, 0.1) is 0 Å². The lowest BCUT2D eigenvalue weighted by atomic mass is 10.0. The van der Waals surface area contributed by atoms with Gasteiger partial charge in [-0.3, -0.25) is 0 Å². The first-order chi connectivity index (χ1) is 22.4. The molecule has 6 nitrogen and oxygen atoms in total. The summed E-state index contributed by atoms with van der Waals surface area (Å²) in [5.41, 5.74) is 9.24. The molecule has 0 aliphatic rings. The summed E-state index contributed by atoms with van der Waals surface area (Å²) in [7, 11) is 2.10. The van der Waals surface area contributed by atoms with Crippen LogP contribution in [0.15, 0.2) is 153 Å². The minimum absolute atomic E-state index is 0.165. The van der Waals surface area contributed by atoms with Crippen molar-refractivity contribution in [3.63, 3.8) is 0 Å². The highest BCUT2D eigenvalue weighted by Crippen LogP contribution is 2.36. The molecule has 0 aliphatic heterocycles. The van der Waals surface area contributed by atoms with Crippen LogP contribution >= 0.6 is 0 Å². The molecule has 0 saturated heterocycles. The molecule has 5 aromatic rings. The van der Waals surface area contributed by atoms with Gasteiger partial charge in [-0.05, 0) is 76.3 Å². The molecule has 0 N–H and O–H groups in total. The van der Waals surface area contributed by atoms with Crippen molar-refractivity contribution >= 4 is 34.7 Å². The highest BCUT2D eigenvalue weighted by atomic mass is 16.5. The van der Waals surface area contributed by atoms with Gasteiger partial charge in [-0.15, -0.1) is 0 Å². The van der Waals surface area contributed by atoms with E-state index >= 15 is 0 Å². The Balaban J connectivity index is 1.37. The summed E-state index contributed by atoms with van der Waals surface area (Å²) in [6.07, 6.45) is 2.31. The number of hydrogen-bond acceptors (Lipinski definition) is 6. The summed E-state index contributed by atoms with van der Waals surface area (Å²) in [5, 5.41) is 0. The second kappa shape index (κ2) is 15.2. The largest absolute Gasteiger partial charge is 0.458 e. The minimum atomic E-state index is -0.460. The van der Waals surface area contributed by atoms with Gasteiger partial charge in [0.2, 0.25) is 0 Å². The highest BCUT2D eigenvalue weighted by molar-refractivity contribution is 5.82. The standard InChI is InChI=1S/C40H36N2O4/c1-4-39(43)45-28-31-11-19-36(20-12-31)42(37-21-13-32(14-22-37)29-46-40(44)5-2)38-25-17-34(18-26-38)33-15-23-35(24-16-33)41(3)27-30-9-7-6-8-10-30/h4-26H,1-2,27-29H2,3H3. The normalized spacial score (nSPS) is 10.5. The fraction of sp³-hybridized carbons (Fsp3) is 0.100. The zero-order valence-corrected chi connectivity index (χ0v) is 25.8. The Kier molecular flexibility index (Phi) is 10.4. The molecule has 0 aromatic heterocycles. The summed E-state index contributed by atoms with van der Waals surface area (Å²) >= 11 is 0. The van der Waals surface area contributed by atoms with Gasteiger partial charge in [-0.1, -0.05) is 92.0 Å². The van der Waals surface area contributed by atoms with Crippen molar-refractivity contribution in [1.82, 2.24) is 0 Å². The average molecular weight is 609 g/mol. The van der Waals surface area contributed by atoms with Crippen molar-refractivity contribution in [1.29, 1.82) is 0 Å². The van der Waals surface area contributed by atoms with E-state index in [2.05, 4.69) is 103 Å². The van der Waals surface area contributed by atoms with Gasteiger partial charge in [0.1, 0.15) is 13.2 Å². The van der Waals surface area contributed by atoms with Crippen LogP contribution in [0.4, 0.5) is 22.7 Å². The van der Waals surface area contributed by atoms with E-state index in [1.165, 1.54) is 5.56 Å². The molecule has 0 heterocycles. The van der Waals surface area contributed by atoms with E-state index in [0.717, 1.165) is 63.7 Å². The number of carbonyl (C=O) groups is 2. The molecule has 0 radical (unpaired) electrons. The molecule has 0 saturated carbocycles. The highest BCUT2D eigenvalue weighted by Gasteiger charge is 2.14. The molecule has 0 atom stereocenters. The van der Waals surface area contributed by atoms with Crippen LogP contribution in [0, 0.1) is 0 Å². The quantitative estimate of drug-likeness (QED) is 0.0983. The van der Waals surface area contributed by atoms with Crippen molar-refractivity contribution in [3.05, 3.63) is 169 Å². The lowest BCUT2D eigenvalue weighted by molar-refractivity contribution is -0.139.